The van der Waals surface area contributed by atoms with Crippen LogP contribution in [0.15, 0.2) is 66.3 Å². The van der Waals surface area contributed by atoms with Crippen LogP contribution in [-0.4, -0.2) is 44.9 Å². The molecule has 1 aromatic heterocycles. The number of carboxylic acids is 1. The number of piperidine rings is 1. The van der Waals surface area contributed by atoms with Gasteiger partial charge >= 0.3 is 5.97 Å². The van der Waals surface area contributed by atoms with Gasteiger partial charge < -0.3 is 10.0 Å². The minimum absolute atomic E-state index is 0.00550. The molecule has 7 heteroatoms. The first-order chi connectivity index (χ1) is 18.5. The third-order valence-corrected chi connectivity index (χ3v) is 7.43. The number of aryl methyl sites for hydroxylation is 1. The summed E-state index contributed by atoms with van der Waals surface area (Å²) in [6.45, 7) is 1.47. The summed E-state index contributed by atoms with van der Waals surface area (Å²) in [5, 5.41) is 8.98. The number of aromatic nitrogens is 2. The number of unbranched alkanes of at least 4 members (excludes halogenated alkanes) is 1. The van der Waals surface area contributed by atoms with Crippen LogP contribution in [0.3, 0.4) is 0 Å². The molecule has 1 aliphatic heterocycles. The minimum atomic E-state index is -0.826. The molecule has 0 bridgehead atoms. The molecule has 1 fully saturated rings. The molecule has 38 heavy (non-hydrogen) atoms. The standard InChI is InChI=1S/C31H32FN3O3/c32-25-13-10-23(11-14-25)30-27(8-4-5-9-29(36)37)33-28-20-24(12-15-26(28)34-30)31(38)35-18-16-22(17-19-35)21-6-2-1-3-7-21/h2,6-7,10-15,20,22H,1,3-5,8-9,16-19H2,(H,36,37). The maximum absolute atomic E-state index is 13.5. The van der Waals surface area contributed by atoms with Gasteiger partial charge in [0.15, 0.2) is 0 Å². The Morgan fingerprint density at radius 2 is 1.76 bits per heavy atom. The summed E-state index contributed by atoms with van der Waals surface area (Å²) in [6.07, 6.45) is 12.8. The minimum Gasteiger partial charge on any atom is -0.481 e. The van der Waals surface area contributed by atoms with Gasteiger partial charge in [-0.3, -0.25) is 9.59 Å². The third kappa shape index (κ3) is 5.98. The Morgan fingerprint density at radius 1 is 0.974 bits per heavy atom. The summed E-state index contributed by atoms with van der Waals surface area (Å²) in [4.78, 5) is 35.9. The van der Waals surface area contributed by atoms with Crippen molar-refractivity contribution in [2.45, 2.75) is 51.4 Å². The van der Waals surface area contributed by atoms with Crippen LogP contribution >= 0.6 is 0 Å². The van der Waals surface area contributed by atoms with Crippen LogP contribution in [0.25, 0.3) is 22.3 Å². The van der Waals surface area contributed by atoms with Crippen molar-refractivity contribution < 1.29 is 19.1 Å². The molecule has 0 unspecified atom stereocenters. The van der Waals surface area contributed by atoms with Crippen molar-refractivity contribution in [1.29, 1.82) is 0 Å². The zero-order valence-electron chi connectivity index (χ0n) is 21.4. The number of amides is 1. The van der Waals surface area contributed by atoms with Crippen LogP contribution in [0, 0.1) is 11.7 Å². The van der Waals surface area contributed by atoms with Crippen molar-refractivity contribution >= 4 is 22.9 Å². The lowest BCUT2D eigenvalue weighted by atomic mass is 9.86. The van der Waals surface area contributed by atoms with Gasteiger partial charge in [0.05, 0.1) is 22.4 Å². The molecule has 2 aromatic carbocycles. The van der Waals surface area contributed by atoms with Gasteiger partial charge in [0, 0.05) is 30.6 Å². The lowest BCUT2D eigenvalue weighted by Crippen LogP contribution is -2.38. The van der Waals surface area contributed by atoms with Crippen LogP contribution < -0.4 is 0 Å². The largest absolute Gasteiger partial charge is 0.481 e. The smallest absolute Gasteiger partial charge is 0.303 e. The van der Waals surface area contributed by atoms with Gasteiger partial charge in [-0.15, -0.1) is 0 Å². The predicted octanol–water partition coefficient (Wildman–Crippen LogP) is 6.36. The fourth-order valence-corrected chi connectivity index (χ4v) is 5.34. The molecule has 196 valence electrons. The third-order valence-electron chi connectivity index (χ3n) is 7.43. The van der Waals surface area contributed by atoms with E-state index in [1.54, 1.807) is 24.3 Å². The van der Waals surface area contributed by atoms with Crippen molar-refractivity contribution in [3.8, 4) is 11.3 Å². The molecule has 1 amide bonds. The summed E-state index contributed by atoms with van der Waals surface area (Å²) in [5.74, 6) is -0.630. The van der Waals surface area contributed by atoms with Gasteiger partial charge in [0.25, 0.3) is 5.91 Å². The average Bonchev–Trinajstić information content (AvgIpc) is 2.95. The Morgan fingerprint density at radius 3 is 2.47 bits per heavy atom. The number of carbonyl (C=O) groups excluding carboxylic acids is 1. The van der Waals surface area contributed by atoms with Crippen LogP contribution in [0.5, 0.6) is 0 Å². The maximum Gasteiger partial charge on any atom is 0.303 e. The van der Waals surface area contributed by atoms with E-state index in [2.05, 4.69) is 18.2 Å². The highest BCUT2D eigenvalue weighted by Crippen LogP contribution is 2.30. The van der Waals surface area contributed by atoms with E-state index in [0.29, 0.717) is 53.2 Å². The number of carboxylic acid groups (broad SMARTS) is 1. The number of fused-ring (bicyclic) bond motifs is 1. The molecule has 0 radical (unpaired) electrons. The number of nitrogens with zero attached hydrogens (tertiary/aromatic N) is 3. The zero-order chi connectivity index (χ0) is 26.5. The van der Waals surface area contributed by atoms with Gasteiger partial charge in [-0.05, 0) is 98.9 Å². The number of carbonyl (C=O) groups is 2. The SMILES string of the molecule is O=C(O)CCCCc1nc2cc(C(=O)N3CCC(C4=CCCC=C4)CC3)ccc2nc1-c1ccc(F)cc1. The highest BCUT2D eigenvalue weighted by molar-refractivity contribution is 5.97. The van der Waals surface area contributed by atoms with E-state index >= 15 is 0 Å². The van der Waals surface area contributed by atoms with Gasteiger partial charge in [-0.1, -0.05) is 18.2 Å². The first-order valence-corrected chi connectivity index (χ1v) is 13.4. The number of halogens is 1. The van der Waals surface area contributed by atoms with Crippen LogP contribution in [-0.2, 0) is 11.2 Å². The van der Waals surface area contributed by atoms with Crippen molar-refractivity contribution in [2.75, 3.05) is 13.1 Å². The lowest BCUT2D eigenvalue weighted by molar-refractivity contribution is -0.137. The molecule has 2 heterocycles. The molecular weight excluding hydrogens is 481 g/mol. The summed E-state index contributed by atoms with van der Waals surface area (Å²) >= 11 is 0. The zero-order valence-corrected chi connectivity index (χ0v) is 21.4. The second kappa shape index (κ2) is 11.7. The molecule has 5 rings (SSSR count). The van der Waals surface area contributed by atoms with E-state index in [-0.39, 0.29) is 18.1 Å². The van der Waals surface area contributed by atoms with Gasteiger partial charge in [-0.25, -0.2) is 14.4 Å². The fraction of sp³-hybridized carbons (Fsp3) is 0.355. The number of aliphatic carboxylic acids is 1. The Hall–Kier alpha value is -3.87. The first-order valence-electron chi connectivity index (χ1n) is 13.4. The Kier molecular flexibility index (Phi) is 7.91. The normalized spacial score (nSPS) is 16.0. The number of hydrogen-bond donors (Lipinski definition) is 1. The fourth-order valence-electron chi connectivity index (χ4n) is 5.34. The van der Waals surface area contributed by atoms with Crippen LogP contribution in [0.1, 0.15) is 61.0 Å². The van der Waals surface area contributed by atoms with Crippen LogP contribution in [0.2, 0.25) is 0 Å². The number of benzene rings is 2. The molecule has 0 spiro atoms. The van der Waals surface area contributed by atoms with Gasteiger partial charge in [-0.2, -0.15) is 0 Å². The van der Waals surface area contributed by atoms with E-state index in [4.69, 9.17) is 15.1 Å². The number of likely N-dealkylation sites (tertiary alicyclic amines) is 1. The van der Waals surface area contributed by atoms with E-state index in [9.17, 15) is 14.0 Å². The Bertz CT molecular complexity index is 1390. The summed E-state index contributed by atoms with van der Waals surface area (Å²) < 4.78 is 13.5. The molecule has 6 nitrogen and oxygen atoms in total. The lowest BCUT2D eigenvalue weighted by Gasteiger charge is -2.33. The Labute approximate surface area is 221 Å². The maximum atomic E-state index is 13.5. The van der Waals surface area contributed by atoms with Gasteiger partial charge in [0.1, 0.15) is 5.82 Å². The van der Waals surface area contributed by atoms with Crippen molar-refractivity contribution in [2.24, 2.45) is 5.92 Å². The molecule has 1 saturated heterocycles. The molecule has 1 aliphatic carbocycles. The Balaban J connectivity index is 1.36. The second-order valence-corrected chi connectivity index (χ2v) is 10.1. The van der Waals surface area contributed by atoms with Crippen LogP contribution in [0.4, 0.5) is 4.39 Å². The predicted molar refractivity (Wildman–Crippen MR) is 145 cm³/mol. The highest BCUT2D eigenvalue weighted by Gasteiger charge is 2.25. The quantitative estimate of drug-likeness (QED) is 0.354. The van der Waals surface area contributed by atoms with E-state index in [1.807, 2.05) is 11.0 Å². The van der Waals surface area contributed by atoms with E-state index in [0.717, 1.165) is 44.3 Å². The topological polar surface area (TPSA) is 83.4 Å². The molecule has 0 saturated carbocycles. The van der Waals surface area contributed by atoms with Crippen molar-refractivity contribution in [3.63, 3.8) is 0 Å². The number of rotatable bonds is 8. The van der Waals surface area contributed by atoms with Crippen molar-refractivity contribution in [3.05, 3.63) is 83.3 Å². The second-order valence-electron chi connectivity index (χ2n) is 10.1. The van der Waals surface area contributed by atoms with Crippen molar-refractivity contribution in [1.82, 2.24) is 14.9 Å². The van der Waals surface area contributed by atoms with E-state index < -0.39 is 5.97 Å². The molecule has 2 aliphatic rings. The summed E-state index contributed by atoms with van der Waals surface area (Å²) in [6, 6.07) is 11.6. The summed E-state index contributed by atoms with van der Waals surface area (Å²) in [7, 11) is 0. The first kappa shape index (κ1) is 25.8. The van der Waals surface area contributed by atoms with E-state index in [1.165, 1.54) is 17.7 Å². The highest BCUT2D eigenvalue weighted by atomic mass is 19.1. The molecular formula is C31H32FN3O3. The molecule has 1 N–H and O–H groups in total. The monoisotopic (exact) mass is 513 g/mol. The summed E-state index contributed by atoms with van der Waals surface area (Å²) in [5.41, 5.74) is 5.41. The number of allylic oxidation sites excluding steroid dienone is 4. The number of hydrogen-bond acceptors (Lipinski definition) is 4. The van der Waals surface area contributed by atoms with Gasteiger partial charge in [0.2, 0.25) is 0 Å². The molecule has 0 atom stereocenters. The average molecular weight is 514 g/mol. The molecule has 3 aromatic rings.